The van der Waals surface area contributed by atoms with E-state index in [2.05, 4.69) is 78.6 Å². The molecular formula is C35H58O3SSi. The van der Waals surface area contributed by atoms with Crippen LogP contribution in [0.4, 0.5) is 0 Å². The predicted molar refractivity (Wildman–Crippen MR) is 177 cm³/mol. The van der Waals surface area contributed by atoms with Crippen LogP contribution in [-0.4, -0.2) is 47.3 Å². The second kappa shape index (κ2) is 13.2. The molecule has 0 bridgehead atoms. The average Bonchev–Trinajstić information content (AvgIpc) is 3.24. The molecule has 226 valence electrons. The van der Waals surface area contributed by atoms with Crippen LogP contribution in [0.2, 0.25) is 18.1 Å². The lowest BCUT2D eigenvalue weighted by Crippen LogP contribution is -2.46. The fourth-order valence-corrected chi connectivity index (χ4v) is 8.97. The Balaban J connectivity index is 1.71. The minimum atomic E-state index is -1.96. The standard InChI is InChI=1S/C35H58O3SSi/c1-11-35(37,12-2)21-14-22-39-26(4)30-18-19-31-27(15-13-20-34(30,31)8)16-17-28-23-29(36)24-32(25(28)3)38-40(9,10)33(5,6)7/h14,16-18,21,26,29,31-32,36-37H,3,11-13,15,19-20,22-24H2,1-2,4-10H3/b21-14+,27-16?,28-17?/t26-,29+,31-,32-,34+/m0/s1. The van der Waals surface area contributed by atoms with Gasteiger partial charge in [-0.3, -0.25) is 0 Å². The molecule has 2 fully saturated rings. The Morgan fingerprint density at radius 1 is 1.23 bits per heavy atom. The summed E-state index contributed by atoms with van der Waals surface area (Å²) in [5.41, 5.74) is 4.92. The average molecular weight is 587 g/mol. The van der Waals surface area contributed by atoms with Crippen LogP contribution in [0.3, 0.4) is 0 Å². The minimum Gasteiger partial charge on any atom is -0.410 e. The molecule has 3 rings (SSSR count). The predicted octanol–water partition coefficient (Wildman–Crippen LogP) is 9.31. The van der Waals surface area contributed by atoms with Crippen molar-refractivity contribution in [3.05, 3.63) is 59.3 Å². The smallest absolute Gasteiger partial charge is 0.192 e. The number of aliphatic hydroxyl groups is 2. The van der Waals surface area contributed by atoms with Gasteiger partial charge in [0.1, 0.15) is 0 Å². The third-order valence-corrected chi connectivity index (χ3v) is 16.3. The number of rotatable bonds is 10. The zero-order valence-electron chi connectivity index (χ0n) is 27.0. The Morgan fingerprint density at radius 2 is 1.90 bits per heavy atom. The number of allylic oxidation sites excluding steroid dienone is 4. The maximum absolute atomic E-state index is 10.8. The van der Waals surface area contributed by atoms with Crippen LogP contribution < -0.4 is 0 Å². The van der Waals surface area contributed by atoms with E-state index in [4.69, 9.17) is 4.43 Å². The van der Waals surface area contributed by atoms with Crippen LogP contribution in [0.1, 0.15) is 99.8 Å². The summed E-state index contributed by atoms with van der Waals surface area (Å²) in [6, 6.07) is 0. The van der Waals surface area contributed by atoms with Gasteiger partial charge in [-0.05, 0) is 92.5 Å². The molecule has 0 radical (unpaired) electrons. The maximum Gasteiger partial charge on any atom is 0.192 e. The van der Waals surface area contributed by atoms with Crippen molar-refractivity contribution in [2.75, 3.05) is 5.75 Å². The van der Waals surface area contributed by atoms with Crippen molar-refractivity contribution in [1.29, 1.82) is 0 Å². The van der Waals surface area contributed by atoms with Crippen molar-refractivity contribution in [3.63, 3.8) is 0 Å². The number of fused-ring (bicyclic) bond motifs is 1. The Morgan fingerprint density at radius 3 is 2.52 bits per heavy atom. The zero-order chi connectivity index (χ0) is 29.9. The summed E-state index contributed by atoms with van der Waals surface area (Å²) in [5, 5.41) is 21.9. The van der Waals surface area contributed by atoms with Crippen molar-refractivity contribution in [2.45, 2.75) is 141 Å². The molecule has 0 heterocycles. The first kappa shape index (κ1) is 33.6. The Hall–Kier alpha value is -0.853. The van der Waals surface area contributed by atoms with Crippen molar-refractivity contribution in [1.82, 2.24) is 0 Å². The van der Waals surface area contributed by atoms with Gasteiger partial charge in [0.25, 0.3) is 0 Å². The van der Waals surface area contributed by atoms with Gasteiger partial charge in [-0.2, -0.15) is 11.8 Å². The van der Waals surface area contributed by atoms with Crippen LogP contribution in [0.5, 0.6) is 0 Å². The van der Waals surface area contributed by atoms with Gasteiger partial charge in [-0.25, -0.2) is 0 Å². The molecule has 5 atom stereocenters. The van der Waals surface area contributed by atoms with Crippen LogP contribution >= 0.6 is 11.8 Å². The highest BCUT2D eigenvalue weighted by Gasteiger charge is 2.46. The molecule has 2 saturated carbocycles. The fraction of sp³-hybridized carbons (Fsp3) is 0.714. The van der Waals surface area contributed by atoms with E-state index in [1.807, 2.05) is 31.7 Å². The fourth-order valence-electron chi connectivity index (χ4n) is 6.62. The third-order valence-electron chi connectivity index (χ3n) is 10.6. The van der Waals surface area contributed by atoms with E-state index in [1.54, 1.807) is 11.1 Å². The van der Waals surface area contributed by atoms with Crippen LogP contribution in [0, 0.1) is 11.3 Å². The van der Waals surface area contributed by atoms with E-state index in [0.29, 0.717) is 24.0 Å². The van der Waals surface area contributed by atoms with E-state index < -0.39 is 13.9 Å². The van der Waals surface area contributed by atoms with E-state index in [-0.39, 0.29) is 22.7 Å². The molecule has 0 aromatic rings. The first-order valence-electron chi connectivity index (χ1n) is 15.7. The molecule has 0 spiro atoms. The molecule has 3 aliphatic carbocycles. The molecule has 0 aromatic carbocycles. The normalized spacial score (nSPS) is 31.2. The van der Waals surface area contributed by atoms with Gasteiger partial charge < -0.3 is 14.6 Å². The lowest BCUT2D eigenvalue weighted by molar-refractivity contribution is 0.0827. The number of hydrogen-bond donors (Lipinski definition) is 2. The van der Waals surface area contributed by atoms with Gasteiger partial charge in [-0.1, -0.05) is 89.6 Å². The van der Waals surface area contributed by atoms with Gasteiger partial charge >= 0.3 is 0 Å². The van der Waals surface area contributed by atoms with E-state index in [9.17, 15) is 10.2 Å². The first-order chi connectivity index (χ1) is 18.6. The number of hydrogen-bond acceptors (Lipinski definition) is 4. The minimum absolute atomic E-state index is 0.0942. The van der Waals surface area contributed by atoms with Crippen LogP contribution in [-0.2, 0) is 4.43 Å². The Kier molecular flexibility index (Phi) is 11.1. The second-order valence-corrected chi connectivity index (χ2v) is 20.5. The molecule has 40 heavy (non-hydrogen) atoms. The quantitative estimate of drug-likeness (QED) is 0.198. The van der Waals surface area contributed by atoms with Crippen LogP contribution in [0.15, 0.2) is 59.3 Å². The lowest BCUT2D eigenvalue weighted by atomic mass is 9.64. The summed E-state index contributed by atoms with van der Waals surface area (Å²) in [5.74, 6) is 1.48. The molecule has 0 amide bonds. The maximum atomic E-state index is 10.8. The zero-order valence-corrected chi connectivity index (χ0v) is 28.8. The molecule has 3 aliphatic rings. The van der Waals surface area contributed by atoms with E-state index in [1.165, 1.54) is 12.8 Å². The topological polar surface area (TPSA) is 49.7 Å². The monoisotopic (exact) mass is 586 g/mol. The van der Waals surface area contributed by atoms with E-state index >= 15 is 0 Å². The number of aliphatic hydroxyl groups excluding tert-OH is 1. The largest absolute Gasteiger partial charge is 0.410 e. The summed E-state index contributed by atoms with van der Waals surface area (Å²) in [6.45, 7) is 24.8. The first-order valence-corrected chi connectivity index (χ1v) is 19.7. The third kappa shape index (κ3) is 7.56. The molecule has 3 nitrogen and oxygen atoms in total. The molecule has 5 heteroatoms. The SMILES string of the molecule is C=C1C(=CC=C2CCC[C@]3(C)C([C@H](C)SC/C=C/C(O)(CC)CC)=CC[C@@H]23)C[C@@H](O)C[C@@H]1O[Si](C)(C)C(C)(C)C. The Bertz CT molecular complexity index is 1030. The van der Waals surface area contributed by atoms with Gasteiger partial charge in [0.05, 0.1) is 17.8 Å². The highest BCUT2D eigenvalue weighted by Crippen LogP contribution is 2.56. The highest BCUT2D eigenvalue weighted by atomic mass is 32.2. The van der Waals surface area contributed by atoms with E-state index in [0.717, 1.165) is 42.6 Å². The highest BCUT2D eigenvalue weighted by molar-refractivity contribution is 8.00. The van der Waals surface area contributed by atoms with Crippen molar-refractivity contribution in [2.24, 2.45) is 11.3 Å². The van der Waals surface area contributed by atoms with Gasteiger partial charge in [-0.15, -0.1) is 0 Å². The second-order valence-electron chi connectivity index (χ2n) is 14.3. The molecule has 2 N–H and O–H groups in total. The summed E-state index contributed by atoms with van der Waals surface area (Å²) >= 11 is 1.99. The number of thioether (sulfide) groups is 1. The summed E-state index contributed by atoms with van der Waals surface area (Å²) in [4.78, 5) is 0. The van der Waals surface area contributed by atoms with Crippen LogP contribution in [0.25, 0.3) is 0 Å². The molecule has 0 aliphatic heterocycles. The lowest BCUT2D eigenvalue weighted by Gasteiger charge is -2.43. The molecule has 0 saturated heterocycles. The molecular weight excluding hydrogens is 529 g/mol. The van der Waals surface area contributed by atoms with Gasteiger partial charge in [0.2, 0.25) is 0 Å². The van der Waals surface area contributed by atoms with Crippen molar-refractivity contribution < 1.29 is 14.6 Å². The van der Waals surface area contributed by atoms with Crippen molar-refractivity contribution >= 4 is 20.1 Å². The summed E-state index contributed by atoms with van der Waals surface area (Å²) in [7, 11) is -1.96. The summed E-state index contributed by atoms with van der Waals surface area (Å²) < 4.78 is 6.73. The summed E-state index contributed by atoms with van der Waals surface area (Å²) in [6.07, 6.45) is 18.4. The van der Waals surface area contributed by atoms with Crippen molar-refractivity contribution in [3.8, 4) is 0 Å². The molecule has 0 unspecified atom stereocenters. The Labute approximate surface area is 251 Å². The molecule has 0 aromatic heterocycles. The van der Waals surface area contributed by atoms with Gasteiger partial charge in [0.15, 0.2) is 8.32 Å². The van der Waals surface area contributed by atoms with Gasteiger partial charge in [0, 0.05) is 17.4 Å².